The summed E-state index contributed by atoms with van der Waals surface area (Å²) in [6.07, 6.45) is 0.0338. The molecule has 1 saturated heterocycles. The van der Waals surface area contributed by atoms with Gasteiger partial charge in [-0.05, 0) is 19.9 Å². The average Bonchev–Trinajstić information content (AvgIpc) is 3.10. The van der Waals surface area contributed by atoms with Crippen molar-refractivity contribution in [1.82, 2.24) is 19.4 Å². The molecule has 0 saturated carbocycles. The zero-order valence-corrected chi connectivity index (χ0v) is 18.2. The number of methoxy groups -OCH3 is 1. The van der Waals surface area contributed by atoms with Crippen molar-refractivity contribution in [2.45, 2.75) is 37.8 Å². The number of morpholine rings is 1. The van der Waals surface area contributed by atoms with Crippen molar-refractivity contribution < 1.29 is 14.3 Å². The molecule has 30 heavy (non-hydrogen) atoms. The predicted molar refractivity (Wildman–Crippen MR) is 117 cm³/mol. The van der Waals surface area contributed by atoms with Crippen LogP contribution in [0.1, 0.15) is 13.8 Å². The van der Waals surface area contributed by atoms with Gasteiger partial charge in [0, 0.05) is 31.1 Å². The first-order valence-electron chi connectivity index (χ1n) is 10.0. The van der Waals surface area contributed by atoms with Crippen molar-refractivity contribution in [2.24, 2.45) is 0 Å². The van der Waals surface area contributed by atoms with Gasteiger partial charge in [-0.1, -0.05) is 30.0 Å². The lowest BCUT2D eigenvalue weighted by molar-refractivity contribution is -0.140. The molecule has 0 radical (unpaired) electrons. The lowest BCUT2D eigenvalue weighted by Crippen LogP contribution is -2.48. The molecule has 3 aromatic rings. The Morgan fingerprint density at radius 2 is 2.03 bits per heavy atom. The van der Waals surface area contributed by atoms with Crippen LogP contribution in [0, 0.1) is 0 Å². The van der Waals surface area contributed by atoms with E-state index in [4.69, 9.17) is 14.5 Å². The maximum absolute atomic E-state index is 13.2. The number of aromatic amines is 1. The normalized spacial score (nSPS) is 19.6. The highest BCUT2D eigenvalue weighted by Gasteiger charge is 2.26. The van der Waals surface area contributed by atoms with Crippen molar-refractivity contribution >= 4 is 39.6 Å². The fraction of sp³-hybridized carbons (Fsp3) is 0.476. The molecule has 1 N–H and O–H groups in total. The van der Waals surface area contributed by atoms with Gasteiger partial charge in [-0.25, -0.2) is 4.98 Å². The third-order valence-corrected chi connectivity index (χ3v) is 6.15. The van der Waals surface area contributed by atoms with Crippen LogP contribution in [0.3, 0.4) is 0 Å². The first-order chi connectivity index (χ1) is 14.5. The number of benzene rings is 1. The van der Waals surface area contributed by atoms with Crippen LogP contribution in [-0.4, -0.2) is 70.1 Å². The van der Waals surface area contributed by atoms with E-state index in [0.29, 0.717) is 42.4 Å². The Bertz CT molecular complexity index is 1120. The molecule has 0 bridgehead atoms. The van der Waals surface area contributed by atoms with E-state index in [1.54, 1.807) is 11.7 Å². The average molecular weight is 431 g/mol. The second-order valence-electron chi connectivity index (χ2n) is 7.58. The molecule has 8 nitrogen and oxygen atoms in total. The molecule has 3 heterocycles. The first-order valence-corrected chi connectivity index (χ1v) is 11.0. The summed E-state index contributed by atoms with van der Waals surface area (Å²) in [6.45, 7) is 5.85. The van der Waals surface area contributed by atoms with Crippen LogP contribution < -0.4 is 5.56 Å². The predicted octanol–water partition coefficient (Wildman–Crippen LogP) is 2.25. The summed E-state index contributed by atoms with van der Waals surface area (Å²) in [6, 6.07) is 7.70. The lowest BCUT2D eigenvalue weighted by Gasteiger charge is -2.35. The number of carbonyl (C=O) groups is 1. The highest BCUT2D eigenvalue weighted by atomic mass is 32.2. The van der Waals surface area contributed by atoms with Crippen LogP contribution >= 0.6 is 11.8 Å². The maximum Gasteiger partial charge on any atom is 0.278 e. The second kappa shape index (κ2) is 8.79. The van der Waals surface area contributed by atoms with E-state index in [2.05, 4.69) is 4.98 Å². The Hall–Kier alpha value is -2.36. The molecule has 2 atom stereocenters. The van der Waals surface area contributed by atoms with E-state index in [9.17, 15) is 9.59 Å². The number of carbonyl (C=O) groups excluding carboxylic acids is 1. The van der Waals surface area contributed by atoms with E-state index in [-0.39, 0.29) is 29.4 Å². The van der Waals surface area contributed by atoms with Crippen LogP contribution in [0.5, 0.6) is 0 Å². The number of para-hydroxylation sites is 1. The molecule has 1 amide bonds. The molecule has 4 rings (SSSR count). The number of nitrogens with one attached hydrogen (secondary N) is 1. The van der Waals surface area contributed by atoms with Crippen molar-refractivity contribution in [3.63, 3.8) is 0 Å². The minimum Gasteiger partial charge on any atom is -0.383 e. The van der Waals surface area contributed by atoms with E-state index >= 15 is 0 Å². The quantitative estimate of drug-likeness (QED) is 0.477. The maximum atomic E-state index is 13.2. The molecule has 1 aliphatic rings. The number of H-pyrrole nitrogens is 1. The van der Waals surface area contributed by atoms with Gasteiger partial charge in [-0.2, -0.15) is 0 Å². The van der Waals surface area contributed by atoms with Crippen LogP contribution in [0.2, 0.25) is 0 Å². The summed E-state index contributed by atoms with van der Waals surface area (Å²) in [5, 5.41) is 1.42. The summed E-state index contributed by atoms with van der Waals surface area (Å²) in [7, 11) is 1.59. The summed E-state index contributed by atoms with van der Waals surface area (Å²) in [5.74, 6) is 0.237. The zero-order chi connectivity index (χ0) is 21.3. The molecule has 2 aromatic heterocycles. The van der Waals surface area contributed by atoms with Gasteiger partial charge in [0.15, 0.2) is 5.16 Å². The number of ether oxygens (including phenoxy) is 2. The first kappa shape index (κ1) is 20.9. The minimum atomic E-state index is -0.156. The van der Waals surface area contributed by atoms with Gasteiger partial charge in [0.25, 0.3) is 5.56 Å². The van der Waals surface area contributed by atoms with Crippen molar-refractivity contribution in [3.05, 3.63) is 34.6 Å². The Morgan fingerprint density at radius 1 is 1.30 bits per heavy atom. The van der Waals surface area contributed by atoms with Crippen LogP contribution in [-0.2, 0) is 20.8 Å². The van der Waals surface area contributed by atoms with E-state index in [1.807, 2.05) is 43.0 Å². The Morgan fingerprint density at radius 3 is 2.77 bits per heavy atom. The second-order valence-corrected chi connectivity index (χ2v) is 8.53. The van der Waals surface area contributed by atoms with Gasteiger partial charge >= 0.3 is 0 Å². The SMILES string of the molecule is COCCn1c(SCC(=O)N2C[C@@H](C)O[C@H](C)C2)nc2c([nH]c3ccccc32)c1=O. The Kier molecular flexibility index (Phi) is 6.12. The summed E-state index contributed by atoms with van der Waals surface area (Å²) in [5.41, 5.74) is 1.81. The number of thioether (sulfide) groups is 1. The fourth-order valence-electron chi connectivity index (χ4n) is 3.86. The molecular formula is C21H26N4O4S. The van der Waals surface area contributed by atoms with Gasteiger partial charge in [0.05, 0.1) is 31.1 Å². The number of amides is 1. The molecule has 160 valence electrons. The third-order valence-electron chi connectivity index (χ3n) is 5.19. The van der Waals surface area contributed by atoms with Crippen LogP contribution in [0.15, 0.2) is 34.2 Å². The van der Waals surface area contributed by atoms with Gasteiger partial charge in [0.1, 0.15) is 11.0 Å². The van der Waals surface area contributed by atoms with Crippen molar-refractivity contribution in [3.8, 4) is 0 Å². The van der Waals surface area contributed by atoms with Crippen LogP contribution in [0.25, 0.3) is 21.9 Å². The number of nitrogens with zero attached hydrogens (tertiary/aromatic N) is 3. The molecule has 1 aromatic carbocycles. The molecule has 1 fully saturated rings. The Balaban J connectivity index is 1.65. The molecule has 1 aliphatic heterocycles. The molecule has 9 heteroatoms. The Labute approximate surface area is 178 Å². The van der Waals surface area contributed by atoms with E-state index in [0.717, 1.165) is 10.9 Å². The van der Waals surface area contributed by atoms with Crippen LogP contribution in [0.4, 0.5) is 0 Å². The van der Waals surface area contributed by atoms with Gasteiger partial charge in [-0.3, -0.25) is 14.2 Å². The molecule has 0 aliphatic carbocycles. The fourth-order valence-corrected chi connectivity index (χ4v) is 4.79. The largest absolute Gasteiger partial charge is 0.383 e. The summed E-state index contributed by atoms with van der Waals surface area (Å²) < 4.78 is 12.5. The topological polar surface area (TPSA) is 89.4 Å². The monoisotopic (exact) mass is 430 g/mol. The highest BCUT2D eigenvalue weighted by molar-refractivity contribution is 7.99. The number of fused-ring (bicyclic) bond motifs is 3. The highest BCUT2D eigenvalue weighted by Crippen LogP contribution is 2.25. The zero-order valence-electron chi connectivity index (χ0n) is 17.4. The molecular weight excluding hydrogens is 404 g/mol. The standard InChI is InChI=1S/C21H26N4O4S/c1-13-10-24(11-14(2)29-13)17(26)12-30-21-23-18-15-6-4-5-7-16(15)22-19(18)20(27)25(21)8-9-28-3/h4-7,13-14,22H,8-12H2,1-3H3/t13-,14-/m1/s1. The van der Waals surface area contributed by atoms with E-state index in [1.165, 1.54) is 11.8 Å². The van der Waals surface area contributed by atoms with Crippen molar-refractivity contribution in [1.29, 1.82) is 0 Å². The number of hydrogen-bond donors (Lipinski definition) is 1. The summed E-state index contributed by atoms with van der Waals surface area (Å²) >= 11 is 1.29. The van der Waals surface area contributed by atoms with Gasteiger partial charge < -0.3 is 19.4 Å². The molecule has 0 unspecified atom stereocenters. The molecule has 0 spiro atoms. The minimum absolute atomic E-state index is 0.0169. The smallest absolute Gasteiger partial charge is 0.278 e. The third kappa shape index (κ3) is 4.10. The van der Waals surface area contributed by atoms with E-state index < -0.39 is 0 Å². The van der Waals surface area contributed by atoms with Gasteiger partial charge in [0.2, 0.25) is 5.91 Å². The van der Waals surface area contributed by atoms with Crippen molar-refractivity contribution in [2.75, 3.05) is 32.6 Å². The lowest BCUT2D eigenvalue weighted by atomic mass is 10.2. The number of hydrogen-bond acceptors (Lipinski definition) is 6. The summed E-state index contributed by atoms with van der Waals surface area (Å²) in [4.78, 5) is 35.7. The number of aromatic nitrogens is 3. The number of rotatable bonds is 6. The van der Waals surface area contributed by atoms with Gasteiger partial charge in [-0.15, -0.1) is 0 Å².